The van der Waals surface area contributed by atoms with Gasteiger partial charge >= 0.3 is 0 Å². The molecule has 2 aromatic carbocycles. The Morgan fingerprint density at radius 1 is 0.919 bits per heavy atom. The van der Waals surface area contributed by atoms with Crippen molar-refractivity contribution in [3.8, 4) is 5.75 Å². The van der Waals surface area contributed by atoms with Crippen LogP contribution in [0.1, 0.15) is 53.7 Å². The molecule has 0 bridgehead atoms. The average molecular weight is 502 g/mol. The van der Waals surface area contributed by atoms with Crippen molar-refractivity contribution in [2.75, 3.05) is 32.8 Å². The first kappa shape index (κ1) is 25.4. The molecule has 1 saturated heterocycles. The van der Waals surface area contributed by atoms with E-state index in [1.807, 2.05) is 35.2 Å². The van der Waals surface area contributed by atoms with Gasteiger partial charge in [-0.15, -0.1) is 0 Å². The van der Waals surface area contributed by atoms with Crippen LogP contribution in [0.5, 0.6) is 5.75 Å². The van der Waals surface area contributed by atoms with Crippen molar-refractivity contribution in [1.82, 2.24) is 14.8 Å². The van der Waals surface area contributed by atoms with Crippen LogP contribution in [0.3, 0.4) is 0 Å². The second-order valence-corrected chi connectivity index (χ2v) is 10.5. The molecule has 5 rings (SSSR count). The van der Waals surface area contributed by atoms with Gasteiger partial charge in [0, 0.05) is 44.5 Å². The van der Waals surface area contributed by atoms with Gasteiger partial charge in [-0.2, -0.15) is 0 Å². The van der Waals surface area contributed by atoms with Gasteiger partial charge in [0.15, 0.2) is 0 Å². The van der Waals surface area contributed by atoms with Gasteiger partial charge in [0.2, 0.25) is 0 Å². The number of amides is 1. The van der Waals surface area contributed by atoms with Crippen LogP contribution in [0.4, 0.5) is 4.39 Å². The third-order valence-corrected chi connectivity index (χ3v) is 7.95. The zero-order valence-electron chi connectivity index (χ0n) is 21.4. The van der Waals surface area contributed by atoms with Crippen LogP contribution < -0.4 is 4.74 Å². The lowest BCUT2D eigenvalue weighted by molar-refractivity contribution is 0.0355. The number of nitrogens with zero attached hydrogens (tertiary/aromatic N) is 3. The van der Waals surface area contributed by atoms with Crippen molar-refractivity contribution < 1.29 is 13.9 Å². The smallest absolute Gasteiger partial charge is 0.272 e. The van der Waals surface area contributed by atoms with Crippen LogP contribution in [0.15, 0.2) is 72.9 Å². The fourth-order valence-electron chi connectivity index (χ4n) is 5.83. The third-order valence-electron chi connectivity index (χ3n) is 7.95. The Hall–Kier alpha value is -3.25. The molecule has 37 heavy (non-hydrogen) atoms. The minimum atomic E-state index is -0.162. The predicted molar refractivity (Wildman–Crippen MR) is 143 cm³/mol. The number of benzene rings is 2. The first-order valence-corrected chi connectivity index (χ1v) is 13.5. The number of aromatic nitrogens is 1. The number of likely N-dealkylation sites (tertiary alicyclic amines) is 1. The number of carbonyl (C=O) groups is 1. The lowest BCUT2D eigenvalue weighted by atomic mass is 9.73. The van der Waals surface area contributed by atoms with Crippen molar-refractivity contribution in [3.63, 3.8) is 0 Å². The normalized spacial score (nSPS) is 18.8. The second-order valence-electron chi connectivity index (χ2n) is 10.5. The molecule has 1 amide bonds. The van der Waals surface area contributed by atoms with Crippen molar-refractivity contribution in [1.29, 1.82) is 0 Å². The molecule has 0 aliphatic carbocycles. The van der Waals surface area contributed by atoms with Gasteiger partial charge in [-0.05, 0) is 67.3 Å². The van der Waals surface area contributed by atoms with E-state index < -0.39 is 0 Å². The Bertz CT molecular complexity index is 1180. The first-order chi connectivity index (χ1) is 18.1. The van der Waals surface area contributed by atoms with Crippen LogP contribution in [-0.4, -0.2) is 53.5 Å². The minimum Gasteiger partial charge on any atom is -0.492 e. The maximum Gasteiger partial charge on any atom is 0.272 e. The van der Waals surface area contributed by atoms with Crippen LogP contribution in [-0.2, 0) is 13.0 Å². The lowest BCUT2D eigenvalue weighted by Crippen LogP contribution is -2.48. The number of pyridine rings is 1. The van der Waals surface area contributed by atoms with Gasteiger partial charge in [0.05, 0.1) is 0 Å². The number of rotatable bonds is 3. The maximum atomic E-state index is 14.6. The standard InChI is InChI=1S/C31H36FN3O2/c32-27-12-3-1-11-26(27)23-34-21-22-37-29-14-4-2-9-25(29)10-5-7-15-31(24-34)16-19-35(20-17-31)30(36)28-13-6-8-18-33-28/h1-4,6,8-9,11-14,18H,5,7,10,15-17,19-24H2. The summed E-state index contributed by atoms with van der Waals surface area (Å²) in [6.07, 6.45) is 7.90. The highest BCUT2D eigenvalue weighted by molar-refractivity contribution is 5.92. The average Bonchev–Trinajstić information content (AvgIpc) is 2.93. The zero-order chi connectivity index (χ0) is 25.5. The van der Waals surface area contributed by atoms with E-state index in [1.165, 1.54) is 11.6 Å². The van der Waals surface area contributed by atoms with E-state index in [4.69, 9.17) is 4.74 Å². The number of halogens is 1. The summed E-state index contributed by atoms with van der Waals surface area (Å²) in [5, 5.41) is 0. The number of hydrogen-bond acceptors (Lipinski definition) is 4. The topological polar surface area (TPSA) is 45.7 Å². The summed E-state index contributed by atoms with van der Waals surface area (Å²) in [5.74, 6) is 0.812. The van der Waals surface area contributed by atoms with E-state index in [0.29, 0.717) is 24.4 Å². The molecule has 6 heteroatoms. The van der Waals surface area contributed by atoms with Crippen LogP contribution >= 0.6 is 0 Å². The third kappa shape index (κ3) is 6.37. The summed E-state index contributed by atoms with van der Waals surface area (Å²) in [6.45, 7) is 4.16. The van der Waals surface area contributed by atoms with Crippen LogP contribution in [0.2, 0.25) is 0 Å². The molecular weight excluding hydrogens is 465 g/mol. The van der Waals surface area contributed by atoms with Gasteiger partial charge in [-0.1, -0.05) is 48.9 Å². The molecule has 0 radical (unpaired) electrons. The van der Waals surface area contributed by atoms with Crippen molar-refractivity contribution in [2.24, 2.45) is 5.41 Å². The largest absolute Gasteiger partial charge is 0.492 e. The number of piperidine rings is 1. The Morgan fingerprint density at radius 3 is 2.51 bits per heavy atom. The number of carbonyl (C=O) groups excluding carboxylic acids is 1. The van der Waals surface area contributed by atoms with Crippen molar-refractivity contribution >= 4 is 5.91 Å². The molecular formula is C31H36FN3O2. The predicted octanol–water partition coefficient (Wildman–Crippen LogP) is 5.75. The molecule has 0 unspecified atom stereocenters. The molecule has 0 N–H and O–H groups in total. The molecule has 1 fully saturated rings. The number of fused-ring (bicyclic) bond motifs is 1. The number of para-hydroxylation sites is 1. The Kier molecular flexibility index (Phi) is 8.15. The molecule has 1 aromatic heterocycles. The molecule has 194 valence electrons. The SMILES string of the molecule is O=C(c1ccccn1)N1CCC2(CCCCc3ccccc3OCCN(Cc3ccccc3F)C2)CC1. The van der Waals surface area contributed by atoms with Gasteiger partial charge in [-0.3, -0.25) is 14.7 Å². The minimum absolute atomic E-state index is 0.0109. The fraction of sp³-hybridized carbons (Fsp3) is 0.419. The Morgan fingerprint density at radius 2 is 1.70 bits per heavy atom. The lowest BCUT2D eigenvalue weighted by Gasteiger charge is -2.45. The molecule has 3 heterocycles. The first-order valence-electron chi connectivity index (χ1n) is 13.5. The van der Waals surface area contributed by atoms with Crippen molar-refractivity contribution in [3.05, 3.63) is 95.6 Å². The molecule has 0 saturated carbocycles. The van der Waals surface area contributed by atoms with Gasteiger partial charge in [0.1, 0.15) is 23.9 Å². The van der Waals surface area contributed by atoms with Gasteiger partial charge in [0.25, 0.3) is 5.91 Å². The number of ether oxygens (including phenoxy) is 1. The summed E-state index contributed by atoms with van der Waals surface area (Å²) in [6, 6.07) is 20.9. The molecule has 2 aliphatic rings. The molecule has 1 spiro atoms. The highest BCUT2D eigenvalue weighted by Crippen LogP contribution is 2.39. The highest BCUT2D eigenvalue weighted by atomic mass is 19.1. The summed E-state index contributed by atoms with van der Waals surface area (Å²) in [5.41, 5.74) is 2.57. The van der Waals surface area contributed by atoms with E-state index in [1.54, 1.807) is 18.3 Å². The fourth-order valence-corrected chi connectivity index (χ4v) is 5.83. The van der Waals surface area contributed by atoms with E-state index in [-0.39, 0.29) is 17.1 Å². The van der Waals surface area contributed by atoms with E-state index in [0.717, 1.165) is 70.5 Å². The molecule has 5 nitrogen and oxygen atoms in total. The van der Waals surface area contributed by atoms with E-state index in [2.05, 4.69) is 28.1 Å². The summed E-state index contributed by atoms with van der Waals surface area (Å²) in [4.78, 5) is 21.6. The monoisotopic (exact) mass is 501 g/mol. The highest BCUT2D eigenvalue weighted by Gasteiger charge is 2.37. The summed E-state index contributed by atoms with van der Waals surface area (Å²) in [7, 11) is 0. The Balaban J connectivity index is 1.34. The molecule has 3 aromatic rings. The maximum absolute atomic E-state index is 14.6. The van der Waals surface area contributed by atoms with Crippen LogP contribution in [0.25, 0.3) is 0 Å². The van der Waals surface area contributed by atoms with Gasteiger partial charge < -0.3 is 9.64 Å². The van der Waals surface area contributed by atoms with Gasteiger partial charge in [-0.25, -0.2) is 4.39 Å². The quantitative estimate of drug-likeness (QED) is 0.458. The second kappa shape index (κ2) is 11.9. The summed E-state index contributed by atoms with van der Waals surface area (Å²) < 4.78 is 20.9. The van der Waals surface area contributed by atoms with E-state index >= 15 is 0 Å². The Labute approximate surface area is 219 Å². The van der Waals surface area contributed by atoms with Crippen LogP contribution in [0, 0.1) is 11.2 Å². The summed E-state index contributed by atoms with van der Waals surface area (Å²) >= 11 is 0. The van der Waals surface area contributed by atoms with E-state index in [9.17, 15) is 9.18 Å². The molecule has 0 atom stereocenters. The number of aryl methyl sites for hydroxylation is 1. The zero-order valence-corrected chi connectivity index (χ0v) is 21.4. The molecule has 2 aliphatic heterocycles. The van der Waals surface area contributed by atoms with Crippen molar-refractivity contribution in [2.45, 2.75) is 45.1 Å². The number of hydrogen-bond donors (Lipinski definition) is 0.